The van der Waals surface area contributed by atoms with Crippen LogP contribution >= 0.6 is 0 Å². The number of β-amino-alcohol motifs (C(OH)–C–C–N with tert-alkyl or cyclic N) is 1. The van der Waals surface area contributed by atoms with Crippen LogP contribution in [0, 0.1) is 6.92 Å². The van der Waals surface area contributed by atoms with E-state index in [1.807, 2.05) is 25.1 Å². The smallest absolute Gasteiger partial charge is 0.248 e. The van der Waals surface area contributed by atoms with Gasteiger partial charge >= 0.3 is 0 Å². The number of aryl methyl sites for hydroxylation is 1. The van der Waals surface area contributed by atoms with Gasteiger partial charge in [-0.1, -0.05) is 6.07 Å². The molecule has 3 atom stereocenters. The Bertz CT molecular complexity index is 1380. The average Bonchev–Trinajstić information content (AvgIpc) is 3.37. The van der Waals surface area contributed by atoms with Gasteiger partial charge in [0.05, 0.1) is 35.1 Å². The molecule has 1 fully saturated rings. The molecule has 1 aliphatic rings. The molecule has 1 saturated heterocycles. The summed E-state index contributed by atoms with van der Waals surface area (Å²) in [6.07, 6.45) is 2.01. The van der Waals surface area contributed by atoms with Crippen molar-refractivity contribution < 1.29 is 19.7 Å². The predicted octanol–water partition coefficient (Wildman–Crippen LogP) is 0.695. The molecule has 0 aliphatic carbocycles. The molecular formula is C23H28N8O4. The molecule has 4 heterocycles. The van der Waals surface area contributed by atoms with Crippen LogP contribution in [0.2, 0.25) is 0 Å². The lowest BCUT2D eigenvalue weighted by Gasteiger charge is -2.33. The zero-order valence-corrected chi connectivity index (χ0v) is 19.5. The molecule has 5 N–H and O–H groups in total. The Morgan fingerprint density at radius 3 is 2.97 bits per heavy atom. The second kappa shape index (κ2) is 8.87. The summed E-state index contributed by atoms with van der Waals surface area (Å²) >= 11 is 0. The molecule has 184 valence electrons. The number of ether oxygens (including phenoxy) is 1. The number of aliphatic hydroxyl groups excluding tert-OH is 1. The minimum Gasteiger partial charge on any atom is -0.391 e. The van der Waals surface area contributed by atoms with E-state index in [4.69, 9.17) is 10.5 Å². The van der Waals surface area contributed by atoms with Crippen molar-refractivity contribution in [3.05, 3.63) is 42.2 Å². The summed E-state index contributed by atoms with van der Waals surface area (Å²) in [5.41, 5.74) is 8.29. The Labute approximate surface area is 200 Å². The van der Waals surface area contributed by atoms with Crippen LogP contribution in [0.1, 0.15) is 30.8 Å². The van der Waals surface area contributed by atoms with Crippen LogP contribution in [0.15, 0.2) is 30.9 Å². The summed E-state index contributed by atoms with van der Waals surface area (Å²) in [4.78, 5) is 34.7. The van der Waals surface area contributed by atoms with E-state index in [9.17, 15) is 15.0 Å². The Hall–Kier alpha value is -3.61. The first-order valence-electron chi connectivity index (χ1n) is 11.4. The van der Waals surface area contributed by atoms with E-state index in [1.54, 1.807) is 11.5 Å². The Morgan fingerprint density at radius 1 is 1.31 bits per heavy atom. The summed E-state index contributed by atoms with van der Waals surface area (Å²) in [6.45, 7) is 3.78. The van der Waals surface area contributed by atoms with Crippen molar-refractivity contribution in [2.45, 2.75) is 44.6 Å². The number of nitrogen functional groups attached to an aromatic ring is 1. The number of aliphatic hydroxyl groups is 2. The van der Waals surface area contributed by atoms with Gasteiger partial charge in [-0.05, 0) is 31.5 Å². The number of imidazole rings is 2. The average molecular weight is 481 g/mol. The maximum atomic E-state index is 13.1. The molecule has 5 rings (SSSR count). The number of carbonyl (C=O) groups is 1. The molecule has 12 heteroatoms. The van der Waals surface area contributed by atoms with E-state index in [2.05, 4.69) is 24.9 Å². The molecule has 35 heavy (non-hydrogen) atoms. The number of aromatic nitrogens is 6. The van der Waals surface area contributed by atoms with Crippen molar-refractivity contribution in [3.8, 4) is 0 Å². The fourth-order valence-corrected chi connectivity index (χ4v) is 4.67. The van der Waals surface area contributed by atoms with Crippen molar-refractivity contribution in [1.29, 1.82) is 0 Å². The van der Waals surface area contributed by atoms with Crippen molar-refractivity contribution >= 4 is 33.9 Å². The second-order valence-corrected chi connectivity index (χ2v) is 9.31. The van der Waals surface area contributed by atoms with Crippen LogP contribution in [0.5, 0.6) is 0 Å². The normalized spacial score (nSPS) is 23.1. The zero-order valence-electron chi connectivity index (χ0n) is 19.5. The number of nitrogens with one attached hydrogen (secondary N) is 1. The Balaban J connectivity index is 1.31. The van der Waals surface area contributed by atoms with Crippen LogP contribution in [-0.4, -0.2) is 81.9 Å². The molecule has 3 aromatic heterocycles. The Kier molecular flexibility index (Phi) is 5.87. The first kappa shape index (κ1) is 23.1. The van der Waals surface area contributed by atoms with Crippen molar-refractivity contribution in [3.63, 3.8) is 0 Å². The van der Waals surface area contributed by atoms with Gasteiger partial charge in [0.1, 0.15) is 30.9 Å². The van der Waals surface area contributed by atoms with Gasteiger partial charge in [-0.25, -0.2) is 19.9 Å². The number of fused-ring (bicyclic) bond motifs is 2. The van der Waals surface area contributed by atoms with Gasteiger partial charge in [-0.15, -0.1) is 0 Å². The highest BCUT2D eigenvalue weighted by Gasteiger charge is 2.42. The number of nitrogens with two attached hydrogens (primary N) is 1. The zero-order chi connectivity index (χ0) is 24.7. The molecule has 0 spiro atoms. The number of rotatable bonds is 5. The monoisotopic (exact) mass is 480 g/mol. The summed E-state index contributed by atoms with van der Waals surface area (Å²) in [5, 5.41) is 21.8. The number of nitrogens with zero attached hydrogens (tertiary/aromatic N) is 6. The van der Waals surface area contributed by atoms with Crippen LogP contribution in [-0.2, 0) is 16.1 Å². The number of carbonyl (C=O) groups excluding carboxylic acids is 1. The summed E-state index contributed by atoms with van der Waals surface area (Å²) < 4.78 is 7.33. The first-order valence-corrected chi connectivity index (χ1v) is 11.4. The topological polar surface area (TPSA) is 168 Å². The lowest BCUT2D eigenvalue weighted by molar-refractivity contribution is -0.138. The van der Waals surface area contributed by atoms with Gasteiger partial charge < -0.3 is 35.1 Å². The number of benzene rings is 1. The van der Waals surface area contributed by atoms with Crippen molar-refractivity contribution in [2.75, 3.05) is 25.4 Å². The highest BCUT2D eigenvalue weighted by atomic mass is 16.5. The maximum Gasteiger partial charge on any atom is 0.248 e. The molecule has 0 radical (unpaired) electrons. The number of hydrogen-bond donors (Lipinski definition) is 4. The van der Waals surface area contributed by atoms with Gasteiger partial charge in [0.2, 0.25) is 5.91 Å². The molecular weight excluding hydrogens is 452 g/mol. The number of hydrogen-bond acceptors (Lipinski definition) is 9. The van der Waals surface area contributed by atoms with Crippen LogP contribution in [0.4, 0.5) is 5.82 Å². The number of likely N-dealkylation sites (tertiary alicyclic amines) is 1. The minimum atomic E-state index is -1.34. The summed E-state index contributed by atoms with van der Waals surface area (Å²) in [6, 6.07) is 5.29. The molecule has 1 amide bonds. The van der Waals surface area contributed by atoms with E-state index in [1.165, 1.54) is 17.6 Å². The van der Waals surface area contributed by atoms with Crippen LogP contribution in [0.25, 0.3) is 22.2 Å². The number of aromatic amines is 1. The minimum absolute atomic E-state index is 0.0704. The van der Waals surface area contributed by atoms with Crippen molar-refractivity contribution in [1.82, 2.24) is 34.4 Å². The van der Waals surface area contributed by atoms with Crippen LogP contribution < -0.4 is 5.73 Å². The summed E-state index contributed by atoms with van der Waals surface area (Å²) in [5.74, 6) is 0.540. The standard InChI is InChI=1S/C23H28N8O4/c1-13-3-4-15-16(5-13)29-18(28-15)9-35-10-19(33)30-7-14(32)6-23(2,34)17(8-30)31-12-27-20-21(24)25-11-26-22(20)31/h3-5,11-12,14,17,32,34H,6-10H2,1-2H3,(H,28,29)(H2,24,25,26)/t14-,17+,23+/m0/s1. The quantitative estimate of drug-likeness (QED) is 0.321. The predicted molar refractivity (Wildman–Crippen MR) is 127 cm³/mol. The number of anilines is 1. The van der Waals surface area contributed by atoms with E-state index in [0.717, 1.165) is 16.6 Å². The van der Waals surface area contributed by atoms with Crippen LogP contribution in [0.3, 0.4) is 0 Å². The molecule has 1 aliphatic heterocycles. The van der Waals surface area contributed by atoms with Gasteiger partial charge in [-0.2, -0.15) is 0 Å². The third-order valence-corrected chi connectivity index (χ3v) is 6.42. The fourth-order valence-electron chi connectivity index (χ4n) is 4.67. The van der Waals surface area contributed by atoms with E-state index in [-0.39, 0.29) is 44.4 Å². The molecule has 4 aromatic rings. The summed E-state index contributed by atoms with van der Waals surface area (Å²) in [7, 11) is 0. The Morgan fingerprint density at radius 2 is 2.14 bits per heavy atom. The second-order valence-electron chi connectivity index (χ2n) is 9.31. The number of amides is 1. The van der Waals surface area contributed by atoms with Gasteiger partial charge in [0.15, 0.2) is 11.5 Å². The molecule has 0 saturated carbocycles. The number of H-pyrrole nitrogens is 1. The fraction of sp³-hybridized carbons (Fsp3) is 0.435. The molecule has 0 bridgehead atoms. The molecule has 12 nitrogen and oxygen atoms in total. The largest absolute Gasteiger partial charge is 0.391 e. The third-order valence-electron chi connectivity index (χ3n) is 6.42. The third kappa shape index (κ3) is 4.55. The first-order chi connectivity index (χ1) is 16.7. The molecule has 0 unspecified atom stereocenters. The molecule has 1 aromatic carbocycles. The highest BCUT2D eigenvalue weighted by molar-refractivity contribution is 5.81. The van der Waals surface area contributed by atoms with E-state index < -0.39 is 17.7 Å². The van der Waals surface area contributed by atoms with Gasteiger partial charge in [-0.3, -0.25) is 4.79 Å². The van der Waals surface area contributed by atoms with E-state index in [0.29, 0.717) is 17.0 Å². The van der Waals surface area contributed by atoms with Gasteiger partial charge in [0, 0.05) is 19.5 Å². The van der Waals surface area contributed by atoms with Crippen molar-refractivity contribution in [2.24, 2.45) is 0 Å². The lowest BCUT2D eigenvalue weighted by Crippen LogP contribution is -2.43. The van der Waals surface area contributed by atoms with Gasteiger partial charge in [0.25, 0.3) is 0 Å². The highest BCUT2D eigenvalue weighted by Crippen LogP contribution is 2.34. The maximum absolute atomic E-state index is 13.1. The van der Waals surface area contributed by atoms with E-state index >= 15 is 0 Å². The SMILES string of the molecule is Cc1ccc2nc(COCC(=O)N3C[C@@H](O)C[C@@](C)(O)[C@H](n4cnc5c(N)ncnc54)C3)[nH]c2c1. The lowest BCUT2D eigenvalue weighted by atomic mass is 9.91.